The van der Waals surface area contributed by atoms with Crippen LogP contribution in [0.3, 0.4) is 0 Å². The fourth-order valence-electron chi connectivity index (χ4n) is 3.32. The maximum Gasteiger partial charge on any atom is 0.291 e. The standard InChI is InChI=1S/C22H17N3O4S/c1-27-17-8-7-15(11-18(17)28-2)20-23-22-25(24-20)21(26)19(30-22)10-13-9-14-5-3-4-6-16(14)29-12-13/h3-11H,12H2,1-2H3. The quantitative estimate of drug-likeness (QED) is 0.506. The molecule has 0 bridgehead atoms. The van der Waals surface area contributed by atoms with Gasteiger partial charge >= 0.3 is 0 Å². The number of hydrogen-bond acceptors (Lipinski definition) is 7. The zero-order chi connectivity index (χ0) is 20.7. The van der Waals surface area contributed by atoms with E-state index in [2.05, 4.69) is 10.1 Å². The van der Waals surface area contributed by atoms with Gasteiger partial charge in [-0.05, 0) is 42.0 Å². The molecule has 0 unspecified atom stereocenters. The van der Waals surface area contributed by atoms with Crippen molar-refractivity contribution in [3.8, 4) is 28.6 Å². The van der Waals surface area contributed by atoms with Gasteiger partial charge in [-0.3, -0.25) is 4.79 Å². The summed E-state index contributed by atoms with van der Waals surface area (Å²) in [5.74, 6) is 2.50. The van der Waals surface area contributed by atoms with Crippen LogP contribution < -0.4 is 24.3 Å². The van der Waals surface area contributed by atoms with E-state index in [1.165, 1.54) is 15.9 Å². The first kappa shape index (κ1) is 18.4. The van der Waals surface area contributed by atoms with E-state index in [9.17, 15) is 4.79 Å². The van der Waals surface area contributed by atoms with Crippen molar-refractivity contribution >= 4 is 28.4 Å². The van der Waals surface area contributed by atoms with Gasteiger partial charge in [-0.1, -0.05) is 29.5 Å². The molecule has 1 aliphatic rings. The summed E-state index contributed by atoms with van der Waals surface area (Å²) in [6, 6.07) is 13.2. The molecule has 0 amide bonds. The Balaban J connectivity index is 1.53. The number of nitrogens with zero attached hydrogens (tertiary/aromatic N) is 3. The molecule has 4 aromatic rings. The first-order valence-electron chi connectivity index (χ1n) is 9.22. The molecule has 30 heavy (non-hydrogen) atoms. The molecule has 0 atom stereocenters. The summed E-state index contributed by atoms with van der Waals surface area (Å²) in [4.78, 5) is 17.9. The third kappa shape index (κ3) is 3.11. The molecule has 0 spiro atoms. The molecule has 0 fully saturated rings. The number of para-hydroxylation sites is 1. The van der Waals surface area contributed by atoms with Gasteiger partial charge in [0.2, 0.25) is 4.96 Å². The second-order valence-corrected chi connectivity index (χ2v) is 7.67. The highest BCUT2D eigenvalue weighted by molar-refractivity contribution is 7.15. The van der Waals surface area contributed by atoms with Gasteiger partial charge in [-0.15, -0.1) is 5.10 Å². The highest BCUT2D eigenvalue weighted by Crippen LogP contribution is 2.31. The Hall–Kier alpha value is -3.65. The Bertz CT molecular complexity index is 1400. The van der Waals surface area contributed by atoms with Crippen molar-refractivity contribution in [2.45, 2.75) is 0 Å². The summed E-state index contributed by atoms with van der Waals surface area (Å²) in [5.41, 5.74) is 2.47. The smallest absolute Gasteiger partial charge is 0.291 e. The van der Waals surface area contributed by atoms with Crippen LogP contribution in [0.25, 0.3) is 28.5 Å². The van der Waals surface area contributed by atoms with E-state index >= 15 is 0 Å². The van der Waals surface area contributed by atoms with Crippen molar-refractivity contribution in [2.75, 3.05) is 20.8 Å². The maximum absolute atomic E-state index is 12.8. The molecule has 0 saturated heterocycles. The average molecular weight is 419 g/mol. The lowest BCUT2D eigenvalue weighted by molar-refractivity contribution is 0.352. The van der Waals surface area contributed by atoms with Crippen LogP contribution in [0.4, 0.5) is 0 Å². The molecule has 0 radical (unpaired) electrons. The molecule has 0 saturated carbocycles. The lowest BCUT2D eigenvalue weighted by Crippen LogP contribution is -2.24. The number of hydrogen-bond donors (Lipinski definition) is 0. The van der Waals surface area contributed by atoms with Crippen LogP contribution >= 0.6 is 11.3 Å². The third-order valence-electron chi connectivity index (χ3n) is 4.79. The van der Waals surface area contributed by atoms with Gasteiger partial charge in [-0.25, -0.2) is 0 Å². The van der Waals surface area contributed by atoms with Gasteiger partial charge in [0.25, 0.3) is 5.56 Å². The number of rotatable bonds is 4. The predicted octanol–water partition coefficient (Wildman–Crippen LogP) is 2.81. The fourth-order valence-corrected chi connectivity index (χ4v) is 4.24. The summed E-state index contributed by atoms with van der Waals surface area (Å²) in [6.07, 6.45) is 3.87. The maximum atomic E-state index is 12.8. The first-order valence-corrected chi connectivity index (χ1v) is 10.0. The van der Waals surface area contributed by atoms with Crippen LogP contribution in [0.2, 0.25) is 0 Å². The van der Waals surface area contributed by atoms with Crippen LogP contribution in [0.15, 0.2) is 52.8 Å². The molecule has 7 nitrogen and oxygen atoms in total. The molecule has 8 heteroatoms. The zero-order valence-corrected chi connectivity index (χ0v) is 17.1. The van der Waals surface area contributed by atoms with Crippen molar-refractivity contribution in [1.29, 1.82) is 0 Å². The van der Waals surface area contributed by atoms with E-state index < -0.39 is 0 Å². The second-order valence-electron chi connectivity index (χ2n) is 6.66. The Kier molecular flexibility index (Phi) is 4.48. The van der Waals surface area contributed by atoms with E-state index in [1.807, 2.05) is 42.5 Å². The molecule has 3 heterocycles. The van der Waals surface area contributed by atoms with Crippen LogP contribution in [0, 0.1) is 0 Å². The summed E-state index contributed by atoms with van der Waals surface area (Å²) in [5, 5.41) is 4.40. The topological polar surface area (TPSA) is 75.0 Å². The van der Waals surface area contributed by atoms with Crippen LogP contribution in [-0.4, -0.2) is 35.4 Å². The molecule has 5 rings (SSSR count). The lowest BCUT2D eigenvalue weighted by atomic mass is 10.1. The number of ether oxygens (including phenoxy) is 3. The second kappa shape index (κ2) is 7.31. The lowest BCUT2D eigenvalue weighted by Gasteiger charge is -2.15. The van der Waals surface area contributed by atoms with Gasteiger partial charge in [0.1, 0.15) is 12.4 Å². The average Bonchev–Trinajstić information content (AvgIpc) is 3.32. The third-order valence-corrected chi connectivity index (χ3v) is 5.75. The van der Waals surface area contributed by atoms with Gasteiger partial charge in [-0.2, -0.15) is 9.50 Å². The summed E-state index contributed by atoms with van der Waals surface area (Å²) in [6.45, 7) is 0.418. The number of methoxy groups -OCH3 is 2. The van der Waals surface area contributed by atoms with Crippen molar-refractivity contribution in [2.24, 2.45) is 0 Å². The van der Waals surface area contributed by atoms with Gasteiger partial charge in [0.15, 0.2) is 17.3 Å². The zero-order valence-electron chi connectivity index (χ0n) is 16.3. The molecule has 0 aliphatic carbocycles. The van der Waals surface area contributed by atoms with Gasteiger partial charge in [0, 0.05) is 11.1 Å². The van der Waals surface area contributed by atoms with E-state index in [-0.39, 0.29) is 5.56 Å². The van der Waals surface area contributed by atoms with E-state index in [0.717, 1.165) is 22.4 Å². The normalized spacial score (nSPS) is 13.7. The number of aromatic nitrogens is 3. The van der Waals surface area contributed by atoms with Crippen LogP contribution in [0.5, 0.6) is 17.2 Å². The predicted molar refractivity (Wildman–Crippen MR) is 115 cm³/mol. The molecular weight excluding hydrogens is 402 g/mol. The minimum Gasteiger partial charge on any atom is -0.493 e. The summed E-state index contributed by atoms with van der Waals surface area (Å²) >= 11 is 1.30. The van der Waals surface area contributed by atoms with Gasteiger partial charge < -0.3 is 14.2 Å². The molecule has 2 aromatic carbocycles. The molecule has 0 N–H and O–H groups in total. The molecule has 2 aromatic heterocycles. The SMILES string of the molecule is COc1ccc(-c2nc3sc(=CC4=Cc5ccccc5OC4)c(=O)n3n2)cc1OC. The molecule has 150 valence electrons. The molecular formula is C22H17N3O4S. The van der Waals surface area contributed by atoms with Crippen molar-refractivity contribution < 1.29 is 14.2 Å². The van der Waals surface area contributed by atoms with Crippen molar-refractivity contribution in [3.63, 3.8) is 0 Å². The van der Waals surface area contributed by atoms with Crippen LogP contribution in [-0.2, 0) is 0 Å². The number of fused-ring (bicyclic) bond motifs is 2. The monoisotopic (exact) mass is 419 g/mol. The Morgan fingerprint density at radius 2 is 1.97 bits per heavy atom. The summed E-state index contributed by atoms with van der Waals surface area (Å²) in [7, 11) is 3.15. The van der Waals surface area contributed by atoms with E-state index in [0.29, 0.717) is 33.4 Å². The number of benzene rings is 2. The van der Waals surface area contributed by atoms with Gasteiger partial charge in [0.05, 0.1) is 18.8 Å². The molecule has 1 aliphatic heterocycles. The van der Waals surface area contributed by atoms with Crippen molar-refractivity contribution in [3.05, 3.63) is 68.5 Å². The van der Waals surface area contributed by atoms with E-state index in [4.69, 9.17) is 14.2 Å². The largest absolute Gasteiger partial charge is 0.493 e. The summed E-state index contributed by atoms with van der Waals surface area (Å²) < 4.78 is 18.3. The van der Waals surface area contributed by atoms with E-state index in [1.54, 1.807) is 26.4 Å². The van der Waals surface area contributed by atoms with Crippen LogP contribution in [0.1, 0.15) is 5.56 Å². The minimum atomic E-state index is -0.200. The Morgan fingerprint density at radius 3 is 2.77 bits per heavy atom. The highest BCUT2D eigenvalue weighted by Gasteiger charge is 2.15. The highest BCUT2D eigenvalue weighted by atomic mass is 32.1. The Morgan fingerprint density at radius 1 is 1.13 bits per heavy atom. The van der Waals surface area contributed by atoms with Crippen molar-refractivity contribution in [1.82, 2.24) is 14.6 Å². The number of thiazole rings is 1. The minimum absolute atomic E-state index is 0.200. The fraction of sp³-hybridized carbons (Fsp3) is 0.136. The Labute approximate surface area is 175 Å². The first-order chi connectivity index (χ1) is 14.7.